The van der Waals surface area contributed by atoms with Crippen LogP contribution >= 0.6 is 0 Å². The molecule has 0 amide bonds. The van der Waals surface area contributed by atoms with Gasteiger partial charge in [-0.25, -0.2) is 0 Å². The van der Waals surface area contributed by atoms with E-state index < -0.39 is 0 Å². The van der Waals surface area contributed by atoms with Crippen molar-refractivity contribution in [2.45, 2.75) is 33.1 Å². The average molecular weight is 168 g/mol. The van der Waals surface area contributed by atoms with Gasteiger partial charge >= 0.3 is 0 Å². The van der Waals surface area contributed by atoms with Gasteiger partial charge in [-0.15, -0.1) is 0 Å². The van der Waals surface area contributed by atoms with Crippen LogP contribution in [-0.2, 0) is 0 Å². The molecule has 70 valence electrons. The van der Waals surface area contributed by atoms with Crippen molar-refractivity contribution in [3.63, 3.8) is 0 Å². The molecular formula is C10H20N2. The van der Waals surface area contributed by atoms with E-state index in [2.05, 4.69) is 18.8 Å². The monoisotopic (exact) mass is 168 g/mol. The third-order valence-corrected chi connectivity index (χ3v) is 1.76. The summed E-state index contributed by atoms with van der Waals surface area (Å²) in [6, 6.07) is 0. The van der Waals surface area contributed by atoms with Crippen molar-refractivity contribution in [2.24, 2.45) is 16.6 Å². The largest absolute Gasteiger partial charge is 0.404 e. The highest BCUT2D eigenvalue weighted by Gasteiger charge is 1.96. The minimum absolute atomic E-state index is 0.780. The number of aliphatic imine (C=N–C) groups is 1. The minimum Gasteiger partial charge on any atom is -0.404 e. The van der Waals surface area contributed by atoms with Crippen molar-refractivity contribution in [2.75, 3.05) is 7.05 Å². The molecule has 0 atom stereocenters. The van der Waals surface area contributed by atoms with E-state index in [1.165, 1.54) is 12.8 Å². The Bertz CT molecular complexity index is 157. The van der Waals surface area contributed by atoms with Gasteiger partial charge in [0.05, 0.1) is 0 Å². The molecule has 0 spiro atoms. The SMILES string of the molecule is CN=CC(=CN)CCCC(C)C. The van der Waals surface area contributed by atoms with Crippen LogP contribution in [0.5, 0.6) is 0 Å². The first-order chi connectivity index (χ1) is 5.70. The summed E-state index contributed by atoms with van der Waals surface area (Å²) in [5.41, 5.74) is 6.56. The van der Waals surface area contributed by atoms with E-state index in [1.807, 2.05) is 6.21 Å². The second-order valence-corrected chi connectivity index (χ2v) is 3.41. The molecule has 0 heterocycles. The van der Waals surface area contributed by atoms with Gasteiger partial charge in [0.1, 0.15) is 0 Å². The van der Waals surface area contributed by atoms with Crippen molar-refractivity contribution < 1.29 is 0 Å². The third-order valence-electron chi connectivity index (χ3n) is 1.76. The van der Waals surface area contributed by atoms with Crippen LogP contribution in [-0.4, -0.2) is 13.3 Å². The summed E-state index contributed by atoms with van der Waals surface area (Å²) in [5, 5.41) is 0. The molecule has 0 unspecified atom stereocenters. The predicted molar refractivity (Wildman–Crippen MR) is 55.4 cm³/mol. The van der Waals surface area contributed by atoms with Gasteiger partial charge in [-0.3, -0.25) is 4.99 Å². The second-order valence-electron chi connectivity index (χ2n) is 3.41. The predicted octanol–water partition coefficient (Wildman–Crippen LogP) is 2.36. The van der Waals surface area contributed by atoms with Crippen molar-refractivity contribution in [3.05, 3.63) is 11.8 Å². The summed E-state index contributed by atoms with van der Waals surface area (Å²) in [6.45, 7) is 4.47. The highest BCUT2D eigenvalue weighted by molar-refractivity contribution is 5.77. The van der Waals surface area contributed by atoms with Gasteiger partial charge < -0.3 is 5.73 Å². The Balaban J connectivity index is 3.60. The summed E-state index contributed by atoms with van der Waals surface area (Å²) in [4.78, 5) is 3.93. The Labute approximate surface area is 75.6 Å². The van der Waals surface area contributed by atoms with Gasteiger partial charge in [0, 0.05) is 13.3 Å². The molecule has 2 nitrogen and oxygen atoms in total. The maximum Gasteiger partial charge on any atom is 0.0277 e. The van der Waals surface area contributed by atoms with Crippen LogP contribution in [0.4, 0.5) is 0 Å². The molecule has 0 fully saturated rings. The fourth-order valence-corrected chi connectivity index (χ4v) is 1.07. The van der Waals surface area contributed by atoms with Crippen LogP contribution in [0.3, 0.4) is 0 Å². The van der Waals surface area contributed by atoms with E-state index in [-0.39, 0.29) is 0 Å². The van der Waals surface area contributed by atoms with Crippen LogP contribution in [0, 0.1) is 5.92 Å². The molecule has 0 aromatic heterocycles. The lowest BCUT2D eigenvalue weighted by Crippen LogP contribution is -1.93. The Morgan fingerprint density at radius 3 is 2.58 bits per heavy atom. The van der Waals surface area contributed by atoms with Crippen LogP contribution in [0.25, 0.3) is 0 Å². The van der Waals surface area contributed by atoms with E-state index in [0.29, 0.717) is 0 Å². The summed E-state index contributed by atoms with van der Waals surface area (Å²) in [7, 11) is 1.77. The fraction of sp³-hybridized carbons (Fsp3) is 0.700. The molecule has 2 N–H and O–H groups in total. The zero-order valence-corrected chi connectivity index (χ0v) is 8.38. The zero-order valence-electron chi connectivity index (χ0n) is 8.38. The molecule has 0 aliphatic heterocycles. The number of allylic oxidation sites excluding steroid dienone is 1. The van der Waals surface area contributed by atoms with Gasteiger partial charge in [-0.1, -0.05) is 20.3 Å². The zero-order chi connectivity index (χ0) is 9.40. The van der Waals surface area contributed by atoms with Crippen LogP contribution in [0.15, 0.2) is 16.8 Å². The Morgan fingerprint density at radius 1 is 1.50 bits per heavy atom. The first-order valence-corrected chi connectivity index (χ1v) is 4.53. The Kier molecular flexibility index (Phi) is 6.44. The van der Waals surface area contributed by atoms with E-state index in [0.717, 1.165) is 17.9 Å². The first-order valence-electron chi connectivity index (χ1n) is 4.53. The highest BCUT2D eigenvalue weighted by atomic mass is 14.6. The van der Waals surface area contributed by atoms with Crippen LogP contribution in [0.2, 0.25) is 0 Å². The van der Waals surface area contributed by atoms with Crippen molar-refractivity contribution in [3.8, 4) is 0 Å². The number of nitrogens with zero attached hydrogens (tertiary/aromatic N) is 1. The summed E-state index contributed by atoms with van der Waals surface area (Å²) in [5.74, 6) is 0.780. The number of rotatable bonds is 5. The van der Waals surface area contributed by atoms with E-state index >= 15 is 0 Å². The molecule has 0 aromatic carbocycles. The Morgan fingerprint density at radius 2 is 2.17 bits per heavy atom. The standard InChI is InChI=1S/C10H20N2/c1-9(2)5-4-6-10(7-11)8-12-3/h7-9H,4-6,11H2,1-3H3. The summed E-state index contributed by atoms with van der Waals surface area (Å²) in [6.07, 6.45) is 6.99. The van der Waals surface area contributed by atoms with E-state index in [4.69, 9.17) is 5.73 Å². The lowest BCUT2D eigenvalue weighted by atomic mass is 10.0. The topological polar surface area (TPSA) is 38.4 Å². The van der Waals surface area contributed by atoms with Gasteiger partial charge in [-0.05, 0) is 30.5 Å². The van der Waals surface area contributed by atoms with Gasteiger partial charge in [0.15, 0.2) is 0 Å². The second kappa shape index (κ2) is 6.89. The molecule has 0 aliphatic rings. The molecule has 0 bridgehead atoms. The highest BCUT2D eigenvalue weighted by Crippen LogP contribution is 2.09. The van der Waals surface area contributed by atoms with E-state index in [1.54, 1.807) is 13.2 Å². The lowest BCUT2D eigenvalue weighted by molar-refractivity contribution is 0.557. The van der Waals surface area contributed by atoms with E-state index in [9.17, 15) is 0 Å². The lowest BCUT2D eigenvalue weighted by Gasteiger charge is -2.03. The fourth-order valence-electron chi connectivity index (χ4n) is 1.07. The molecule has 0 saturated carbocycles. The first kappa shape index (κ1) is 11.2. The molecule has 0 saturated heterocycles. The van der Waals surface area contributed by atoms with Crippen LogP contribution in [0.1, 0.15) is 33.1 Å². The molecule has 12 heavy (non-hydrogen) atoms. The molecule has 0 rings (SSSR count). The summed E-state index contributed by atoms with van der Waals surface area (Å²) >= 11 is 0. The number of nitrogens with two attached hydrogens (primary N) is 1. The van der Waals surface area contributed by atoms with Crippen molar-refractivity contribution in [1.82, 2.24) is 0 Å². The molecule has 0 aliphatic carbocycles. The quantitative estimate of drug-likeness (QED) is 0.629. The molecule has 0 aromatic rings. The third kappa shape index (κ3) is 5.96. The van der Waals surface area contributed by atoms with Crippen molar-refractivity contribution >= 4 is 6.21 Å². The van der Waals surface area contributed by atoms with Gasteiger partial charge in [0.2, 0.25) is 0 Å². The summed E-state index contributed by atoms with van der Waals surface area (Å²) < 4.78 is 0. The Hall–Kier alpha value is -0.790. The minimum atomic E-state index is 0.780. The van der Waals surface area contributed by atoms with Crippen LogP contribution < -0.4 is 5.73 Å². The number of hydrogen-bond acceptors (Lipinski definition) is 2. The molecule has 2 heteroatoms. The van der Waals surface area contributed by atoms with Gasteiger partial charge in [0.25, 0.3) is 0 Å². The smallest absolute Gasteiger partial charge is 0.0277 e. The normalized spacial score (nSPS) is 13.2. The number of hydrogen-bond donors (Lipinski definition) is 1. The van der Waals surface area contributed by atoms with Crippen molar-refractivity contribution in [1.29, 1.82) is 0 Å². The average Bonchev–Trinajstić information content (AvgIpc) is 2.02. The molecule has 0 radical (unpaired) electrons. The maximum absolute atomic E-state index is 5.42. The van der Waals surface area contributed by atoms with Gasteiger partial charge in [-0.2, -0.15) is 0 Å². The molecular weight excluding hydrogens is 148 g/mol. The maximum atomic E-state index is 5.42.